The van der Waals surface area contributed by atoms with Gasteiger partial charge in [0.2, 0.25) is 0 Å². The first-order chi connectivity index (χ1) is 6.86. The van der Waals surface area contributed by atoms with E-state index >= 15 is 0 Å². The molecule has 2 N–H and O–H groups in total. The minimum Gasteiger partial charge on any atom is -0.327 e. The highest BCUT2D eigenvalue weighted by Crippen LogP contribution is 2.30. The third-order valence-corrected chi connectivity index (χ3v) is 3.24. The van der Waals surface area contributed by atoms with Crippen molar-refractivity contribution in [1.82, 2.24) is 4.98 Å². The van der Waals surface area contributed by atoms with E-state index in [1.54, 1.807) is 0 Å². The maximum Gasteiger partial charge on any atom is 0.0299 e. The molecule has 2 rings (SSSR count). The number of hydrogen-bond donors (Lipinski definition) is 1. The second kappa shape index (κ2) is 4.56. The summed E-state index contributed by atoms with van der Waals surface area (Å²) < 4.78 is 0. The first kappa shape index (κ1) is 9.66. The molecule has 1 atom stereocenters. The third kappa shape index (κ3) is 2.32. The summed E-state index contributed by atoms with van der Waals surface area (Å²) in [6, 6.07) is 4.52. The van der Waals surface area contributed by atoms with Crippen LogP contribution in [-0.4, -0.2) is 11.0 Å². The molecule has 1 saturated carbocycles. The monoisotopic (exact) mass is 190 g/mol. The van der Waals surface area contributed by atoms with E-state index < -0.39 is 0 Å². The number of pyridine rings is 1. The third-order valence-electron chi connectivity index (χ3n) is 3.24. The maximum atomic E-state index is 6.11. The molecule has 0 aromatic carbocycles. The quantitative estimate of drug-likeness (QED) is 0.790. The van der Waals surface area contributed by atoms with Crippen LogP contribution in [-0.2, 0) is 6.42 Å². The SMILES string of the molecule is NC(CCc1cccnc1)C1CCC1. The zero-order valence-electron chi connectivity index (χ0n) is 8.52. The molecule has 1 heterocycles. The van der Waals surface area contributed by atoms with Crippen molar-refractivity contribution in [3.63, 3.8) is 0 Å². The lowest BCUT2D eigenvalue weighted by Crippen LogP contribution is -2.34. The molecular formula is C12H18N2. The van der Waals surface area contributed by atoms with Crippen LogP contribution < -0.4 is 5.73 Å². The van der Waals surface area contributed by atoms with Crippen LogP contribution in [0.2, 0.25) is 0 Å². The fourth-order valence-electron chi connectivity index (χ4n) is 1.98. The van der Waals surface area contributed by atoms with Gasteiger partial charge in [-0.3, -0.25) is 4.98 Å². The molecule has 0 bridgehead atoms. The van der Waals surface area contributed by atoms with Crippen molar-refractivity contribution in [2.45, 2.75) is 38.1 Å². The molecule has 0 spiro atoms. The van der Waals surface area contributed by atoms with Gasteiger partial charge in [-0.1, -0.05) is 12.5 Å². The highest BCUT2D eigenvalue weighted by molar-refractivity contribution is 5.08. The van der Waals surface area contributed by atoms with E-state index in [9.17, 15) is 0 Å². The molecule has 1 fully saturated rings. The normalized spacial score (nSPS) is 18.9. The van der Waals surface area contributed by atoms with Crippen LogP contribution in [0, 0.1) is 5.92 Å². The Kier molecular flexibility index (Phi) is 3.14. The molecule has 1 aliphatic rings. The van der Waals surface area contributed by atoms with Gasteiger partial charge in [-0.15, -0.1) is 0 Å². The first-order valence-electron chi connectivity index (χ1n) is 5.51. The molecule has 0 aliphatic heterocycles. The van der Waals surface area contributed by atoms with Crippen molar-refractivity contribution >= 4 is 0 Å². The zero-order valence-corrected chi connectivity index (χ0v) is 8.52. The van der Waals surface area contributed by atoms with Gasteiger partial charge in [-0.05, 0) is 43.2 Å². The molecule has 0 radical (unpaired) electrons. The second-order valence-electron chi connectivity index (χ2n) is 4.25. The Hall–Kier alpha value is -0.890. The van der Waals surface area contributed by atoms with Crippen molar-refractivity contribution in [1.29, 1.82) is 0 Å². The molecule has 1 aromatic heterocycles. The second-order valence-corrected chi connectivity index (χ2v) is 4.25. The Balaban J connectivity index is 1.76. The summed E-state index contributed by atoms with van der Waals surface area (Å²) in [6.45, 7) is 0. The zero-order chi connectivity index (χ0) is 9.80. The molecule has 1 aromatic rings. The lowest BCUT2D eigenvalue weighted by molar-refractivity contribution is 0.253. The summed E-state index contributed by atoms with van der Waals surface area (Å²) in [7, 11) is 0. The minimum atomic E-state index is 0.406. The number of nitrogens with zero attached hydrogens (tertiary/aromatic N) is 1. The summed E-state index contributed by atoms with van der Waals surface area (Å²) in [5, 5.41) is 0. The van der Waals surface area contributed by atoms with Gasteiger partial charge in [0.1, 0.15) is 0 Å². The van der Waals surface area contributed by atoms with Crippen LogP contribution >= 0.6 is 0 Å². The van der Waals surface area contributed by atoms with E-state index in [1.165, 1.54) is 24.8 Å². The van der Waals surface area contributed by atoms with Crippen LogP contribution in [0.5, 0.6) is 0 Å². The summed E-state index contributed by atoms with van der Waals surface area (Å²) in [5.41, 5.74) is 7.41. The fraction of sp³-hybridized carbons (Fsp3) is 0.583. The summed E-state index contributed by atoms with van der Waals surface area (Å²) in [6.07, 6.45) is 10.00. The average molecular weight is 190 g/mol. The average Bonchev–Trinajstić information content (AvgIpc) is 2.14. The summed E-state index contributed by atoms with van der Waals surface area (Å²) in [4.78, 5) is 4.10. The van der Waals surface area contributed by atoms with Gasteiger partial charge < -0.3 is 5.73 Å². The van der Waals surface area contributed by atoms with Gasteiger partial charge in [0.25, 0.3) is 0 Å². The topological polar surface area (TPSA) is 38.9 Å². The molecule has 76 valence electrons. The van der Waals surface area contributed by atoms with Gasteiger partial charge in [0, 0.05) is 18.4 Å². The van der Waals surface area contributed by atoms with E-state index in [0.29, 0.717) is 6.04 Å². The molecular weight excluding hydrogens is 172 g/mol. The standard InChI is InChI=1S/C12H18N2/c13-12(11-4-1-5-11)7-6-10-3-2-8-14-9-10/h2-3,8-9,11-12H,1,4-7,13H2. The maximum absolute atomic E-state index is 6.11. The van der Waals surface area contributed by atoms with Crippen LogP contribution in [0.15, 0.2) is 24.5 Å². The molecule has 14 heavy (non-hydrogen) atoms. The van der Waals surface area contributed by atoms with Crippen LogP contribution in [0.3, 0.4) is 0 Å². The Labute approximate surface area is 85.5 Å². The molecule has 2 nitrogen and oxygen atoms in total. The summed E-state index contributed by atoms with van der Waals surface area (Å²) in [5.74, 6) is 0.798. The van der Waals surface area contributed by atoms with Crippen molar-refractivity contribution in [2.75, 3.05) is 0 Å². The van der Waals surface area contributed by atoms with Crippen LogP contribution in [0.4, 0.5) is 0 Å². The van der Waals surface area contributed by atoms with Crippen LogP contribution in [0.25, 0.3) is 0 Å². The largest absolute Gasteiger partial charge is 0.327 e. The predicted octanol–water partition coefficient (Wildman–Crippen LogP) is 2.14. The predicted molar refractivity (Wildman–Crippen MR) is 57.9 cm³/mol. The minimum absolute atomic E-state index is 0.406. The lowest BCUT2D eigenvalue weighted by Gasteiger charge is -2.31. The van der Waals surface area contributed by atoms with Gasteiger partial charge >= 0.3 is 0 Å². The molecule has 0 amide bonds. The van der Waals surface area contributed by atoms with E-state index in [-0.39, 0.29) is 0 Å². The molecule has 1 aliphatic carbocycles. The highest BCUT2D eigenvalue weighted by atomic mass is 14.7. The molecule has 2 heteroatoms. The molecule has 1 unspecified atom stereocenters. The van der Waals surface area contributed by atoms with Gasteiger partial charge in [-0.2, -0.15) is 0 Å². The van der Waals surface area contributed by atoms with Crippen LogP contribution in [0.1, 0.15) is 31.2 Å². The van der Waals surface area contributed by atoms with Crippen molar-refractivity contribution in [3.05, 3.63) is 30.1 Å². The number of rotatable bonds is 4. The highest BCUT2D eigenvalue weighted by Gasteiger charge is 2.23. The smallest absolute Gasteiger partial charge is 0.0299 e. The number of nitrogens with two attached hydrogens (primary N) is 1. The first-order valence-corrected chi connectivity index (χ1v) is 5.51. The number of aromatic nitrogens is 1. The van der Waals surface area contributed by atoms with Crippen molar-refractivity contribution in [3.8, 4) is 0 Å². The Morgan fingerprint density at radius 1 is 1.50 bits per heavy atom. The number of aryl methyl sites for hydroxylation is 1. The van der Waals surface area contributed by atoms with E-state index in [0.717, 1.165) is 18.8 Å². The van der Waals surface area contributed by atoms with Gasteiger partial charge in [0.05, 0.1) is 0 Å². The van der Waals surface area contributed by atoms with Crippen molar-refractivity contribution in [2.24, 2.45) is 11.7 Å². The lowest BCUT2D eigenvalue weighted by atomic mass is 9.78. The molecule has 0 saturated heterocycles. The van der Waals surface area contributed by atoms with E-state index in [4.69, 9.17) is 5.73 Å². The Morgan fingerprint density at radius 3 is 2.93 bits per heavy atom. The Morgan fingerprint density at radius 2 is 2.36 bits per heavy atom. The van der Waals surface area contributed by atoms with Gasteiger partial charge in [0.15, 0.2) is 0 Å². The van der Waals surface area contributed by atoms with Gasteiger partial charge in [-0.25, -0.2) is 0 Å². The number of hydrogen-bond acceptors (Lipinski definition) is 2. The van der Waals surface area contributed by atoms with Crippen molar-refractivity contribution < 1.29 is 0 Å². The van der Waals surface area contributed by atoms with E-state index in [1.807, 2.05) is 18.5 Å². The summed E-state index contributed by atoms with van der Waals surface area (Å²) >= 11 is 0. The Bertz CT molecular complexity index is 267. The van der Waals surface area contributed by atoms with E-state index in [2.05, 4.69) is 11.1 Å². The fourth-order valence-corrected chi connectivity index (χ4v) is 1.98.